The van der Waals surface area contributed by atoms with Crippen LogP contribution in [0.2, 0.25) is 0 Å². The molecule has 4 nitrogen and oxygen atoms in total. The largest absolute Gasteiger partial charge is 0.481 e. The Morgan fingerprint density at radius 3 is 2.13 bits per heavy atom. The van der Waals surface area contributed by atoms with Crippen molar-refractivity contribution in [3.8, 4) is 0 Å². The van der Waals surface area contributed by atoms with Gasteiger partial charge in [-0.25, -0.2) is 0 Å². The van der Waals surface area contributed by atoms with Crippen molar-refractivity contribution in [1.29, 1.82) is 0 Å². The summed E-state index contributed by atoms with van der Waals surface area (Å²) in [7, 11) is 3.49. The first-order valence-electron chi connectivity index (χ1n) is 4.61. The molecule has 0 aromatic rings. The molecule has 0 heterocycles. The van der Waals surface area contributed by atoms with E-state index in [1.807, 2.05) is 0 Å². The van der Waals surface area contributed by atoms with Gasteiger partial charge in [-0.05, 0) is 0 Å². The Morgan fingerprint density at radius 2 is 1.67 bits per heavy atom. The average Bonchev–Trinajstić information content (AvgIpc) is 2.15. The minimum Gasteiger partial charge on any atom is -0.481 e. The first-order valence-corrected chi connectivity index (χ1v) is 6.92. The van der Waals surface area contributed by atoms with Crippen LogP contribution < -0.4 is 0 Å². The summed E-state index contributed by atoms with van der Waals surface area (Å²) < 4.78 is 0. The predicted molar refractivity (Wildman–Crippen MR) is 65.3 cm³/mol. The van der Waals surface area contributed by atoms with E-state index in [-0.39, 0.29) is 12.3 Å². The quantitative estimate of drug-likeness (QED) is 0.521. The molecule has 0 radical (unpaired) electrons. The summed E-state index contributed by atoms with van der Waals surface area (Å²) in [6.45, 7) is 0. The molecule has 1 amide bonds. The topological polar surface area (TPSA) is 57.6 Å². The number of carbonyl (C=O) groups excluding carboxylic acids is 1. The van der Waals surface area contributed by atoms with Crippen molar-refractivity contribution in [3.63, 3.8) is 0 Å². The van der Waals surface area contributed by atoms with Gasteiger partial charge in [0.25, 0.3) is 0 Å². The number of carbonyl (C=O) groups is 2. The molecule has 0 aliphatic carbocycles. The van der Waals surface area contributed by atoms with Gasteiger partial charge in [-0.1, -0.05) is 0 Å². The predicted octanol–water partition coefficient (Wildman–Crippen LogP) is 1.36. The molecule has 0 aliphatic heterocycles. The first kappa shape index (κ1) is 14.6. The van der Waals surface area contributed by atoms with Gasteiger partial charge < -0.3 is 10.0 Å². The molecule has 0 fully saturated rings. The van der Waals surface area contributed by atoms with Crippen LogP contribution in [-0.4, -0.2) is 52.6 Å². The van der Waals surface area contributed by atoms with Gasteiger partial charge in [0.1, 0.15) is 0 Å². The number of amides is 1. The smallest absolute Gasteiger partial charge is 0.304 e. The molecule has 0 atom stereocenters. The van der Waals surface area contributed by atoms with Crippen molar-refractivity contribution >= 4 is 35.4 Å². The maximum atomic E-state index is 11.1. The monoisotopic (exact) mass is 251 g/mol. The number of rotatable bonds is 8. The average molecular weight is 251 g/mol. The highest BCUT2D eigenvalue weighted by atomic mass is 32.2. The lowest BCUT2D eigenvalue weighted by Crippen LogP contribution is -2.21. The minimum absolute atomic E-state index is 0.137. The molecular weight excluding hydrogens is 234 g/mol. The zero-order chi connectivity index (χ0) is 11.7. The van der Waals surface area contributed by atoms with Gasteiger partial charge in [-0.3, -0.25) is 9.59 Å². The SMILES string of the molecule is CN(C)C(=O)CCSCSCCC(=O)O. The molecule has 0 bridgehead atoms. The van der Waals surface area contributed by atoms with Crippen LogP contribution in [0, 0.1) is 0 Å². The standard InChI is InChI=1S/C9H17NO3S2/c1-10(2)8(11)3-5-14-7-15-6-4-9(12)13/h3-7H2,1-2H3,(H,12,13). The minimum atomic E-state index is -0.754. The van der Waals surface area contributed by atoms with Crippen LogP contribution >= 0.6 is 23.5 Å². The second-order valence-corrected chi connectivity index (χ2v) is 5.69. The second kappa shape index (κ2) is 8.91. The third-order valence-corrected chi connectivity index (χ3v) is 3.90. The van der Waals surface area contributed by atoms with Gasteiger partial charge >= 0.3 is 5.97 Å². The highest BCUT2D eigenvalue weighted by Gasteiger charge is 2.03. The highest BCUT2D eigenvalue weighted by molar-refractivity contribution is 8.15. The number of hydrogen-bond acceptors (Lipinski definition) is 4. The Labute approximate surface area is 98.8 Å². The zero-order valence-corrected chi connectivity index (χ0v) is 10.7. The molecule has 0 aliphatic rings. The van der Waals surface area contributed by atoms with Gasteiger partial charge in [0, 0.05) is 37.1 Å². The molecule has 1 N–H and O–H groups in total. The first-order chi connectivity index (χ1) is 7.04. The number of carboxylic acid groups (broad SMARTS) is 1. The van der Waals surface area contributed by atoms with E-state index in [9.17, 15) is 9.59 Å². The Morgan fingerprint density at radius 1 is 1.13 bits per heavy atom. The van der Waals surface area contributed by atoms with Crippen LogP contribution in [0.4, 0.5) is 0 Å². The molecule has 15 heavy (non-hydrogen) atoms. The molecular formula is C9H17NO3S2. The third kappa shape index (κ3) is 9.93. The molecule has 6 heteroatoms. The number of nitrogens with zero attached hydrogens (tertiary/aromatic N) is 1. The van der Waals surface area contributed by atoms with Crippen LogP contribution in [0.1, 0.15) is 12.8 Å². The van der Waals surface area contributed by atoms with Gasteiger partial charge in [0.15, 0.2) is 0 Å². The fourth-order valence-corrected chi connectivity index (χ4v) is 2.77. The lowest BCUT2D eigenvalue weighted by atomic mass is 10.4. The molecule has 0 aromatic heterocycles. The van der Waals surface area contributed by atoms with E-state index >= 15 is 0 Å². The summed E-state index contributed by atoms with van der Waals surface area (Å²) in [4.78, 5) is 22.9. The number of thioether (sulfide) groups is 2. The highest BCUT2D eigenvalue weighted by Crippen LogP contribution is 2.13. The van der Waals surface area contributed by atoms with Crippen molar-refractivity contribution in [3.05, 3.63) is 0 Å². The summed E-state index contributed by atoms with van der Waals surface area (Å²) in [6.07, 6.45) is 0.763. The Kier molecular flexibility index (Phi) is 8.70. The van der Waals surface area contributed by atoms with E-state index in [4.69, 9.17) is 5.11 Å². The number of carboxylic acids is 1. The van der Waals surface area contributed by atoms with Crippen LogP contribution in [0.25, 0.3) is 0 Å². The zero-order valence-electron chi connectivity index (χ0n) is 9.06. The van der Waals surface area contributed by atoms with Crippen molar-refractivity contribution < 1.29 is 14.7 Å². The van der Waals surface area contributed by atoms with Crippen molar-refractivity contribution in [2.24, 2.45) is 0 Å². The lowest BCUT2D eigenvalue weighted by molar-refractivity contribution is -0.136. The van der Waals surface area contributed by atoms with Gasteiger partial charge in [0.2, 0.25) is 5.91 Å². The van der Waals surface area contributed by atoms with Gasteiger partial charge in [-0.15, -0.1) is 0 Å². The number of hydrogen-bond donors (Lipinski definition) is 1. The van der Waals surface area contributed by atoms with Crippen molar-refractivity contribution in [2.75, 3.05) is 30.7 Å². The summed E-state index contributed by atoms with van der Waals surface area (Å²) >= 11 is 3.27. The lowest BCUT2D eigenvalue weighted by Gasteiger charge is -2.09. The van der Waals surface area contributed by atoms with Crippen LogP contribution in [-0.2, 0) is 9.59 Å². The second-order valence-electron chi connectivity index (χ2n) is 3.12. The van der Waals surface area contributed by atoms with E-state index in [0.29, 0.717) is 12.2 Å². The van der Waals surface area contributed by atoms with Crippen LogP contribution in [0.5, 0.6) is 0 Å². The van der Waals surface area contributed by atoms with Crippen molar-refractivity contribution in [1.82, 2.24) is 4.90 Å². The Balaban J connectivity index is 3.18. The van der Waals surface area contributed by atoms with E-state index in [0.717, 1.165) is 10.8 Å². The Bertz CT molecular complexity index is 210. The van der Waals surface area contributed by atoms with Crippen LogP contribution in [0.15, 0.2) is 0 Å². The van der Waals surface area contributed by atoms with Crippen LogP contribution in [0.3, 0.4) is 0 Å². The number of aliphatic carboxylic acids is 1. The fourth-order valence-electron chi connectivity index (χ4n) is 0.719. The molecule has 0 unspecified atom stereocenters. The van der Waals surface area contributed by atoms with Gasteiger partial charge in [-0.2, -0.15) is 23.5 Å². The summed E-state index contributed by atoms with van der Waals surface area (Å²) in [5.41, 5.74) is 0. The van der Waals surface area contributed by atoms with Crippen molar-refractivity contribution in [2.45, 2.75) is 12.8 Å². The summed E-state index contributed by atoms with van der Waals surface area (Å²) in [6, 6.07) is 0. The maximum absolute atomic E-state index is 11.1. The molecule has 0 rings (SSSR count). The molecule has 88 valence electrons. The van der Waals surface area contributed by atoms with E-state index < -0.39 is 5.97 Å². The summed E-state index contributed by atoms with van der Waals surface area (Å²) in [5.74, 6) is 0.828. The van der Waals surface area contributed by atoms with E-state index in [1.54, 1.807) is 42.5 Å². The maximum Gasteiger partial charge on any atom is 0.304 e. The molecule has 0 spiro atoms. The normalized spacial score (nSPS) is 10.0. The molecule has 0 aromatic carbocycles. The molecule has 0 saturated carbocycles. The Hall–Kier alpha value is -0.360. The third-order valence-electron chi connectivity index (χ3n) is 1.59. The van der Waals surface area contributed by atoms with E-state index in [2.05, 4.69) is 0 Å². The van der Waals surface area contributed by atoms with Gasteiger partial charge in [0.05, 0.1) is 6.42 Å². The molecule has 0 saturated heterocycles. The summed E-state index contributed by atoms with van der Waals surface area (Å²) in [5, 5.41) is 9.23. The fraction of sp³-hybridized carbons (Fsp3) is 0.778. The van der Waals surface area contributed by atoms with E-state index in [1.165, 1.54) is 0 Å².